The highest BCUT2D eigenvalue weighted by molar-refractivity contribution is 6.08. The van der Waals surface area contributed by atoms with E-state index in [2.05, 4.69) is 4.98 Å². The van der Waals surface area contributed by atoms with Crippen molar-refractivity contribution in [1.82, 2.24) is 9.88 Å². The lowest BCUT2D eigenvalue weighted by Crippen LogP contribution is -2.40. The number of amides is 1. The van der Waals surface area contributed by atoms with Gasteiger partial charge in [-0.3, -0.25) is 9.59 Å². The quantitative estimate of drug-likeness (QED) is 0.479. The number of benzene rings is 2. The highest BCUT2D eigenvalue weighted by Crippen LogP contribution is 2.26. The summed E-state index contributed by atoms with van der Waals surface area (Å²) >= 11 is 0. The predicted octanol–water partition coefficient (Wildman–Crippen LogP) is 4.45. The van der Waals surface area contributed by atoms with E-state index in [1.54, 1.807) is 0 Å². The molecule has 1 saturated heterocycles. The number of ketones is 1. The number of piperidine rings is 1. The number of hydrogen-bond acceptors (Lipinski definition) is 3. The van der Waals surface area contributed by atoms with Crippen LogP contribution in [-0.2, 0) is 4.79 Å². The van der Waals surface area contributed by atoms with Gasteiger partial charge in [0.1, 0.15) is 5.75 Å². The van der Waals surface area contributed by atoms with Gasteiger partial charge in [0.2, 0.25) is 5.91 Å². The summed E-state index contributed by atoms with van der Waals surface area (Å²) < 4.78 is 5.65. The minimum atomic E-state index is -0.0142. The maximum absolute atomic E-state index is 13.0. The van der Waals surface area contributed by atoms with Crippen LogP contribution < -0.4 is 4.74 Å². The molecule has 0 spiro atoms. The van der Waals surface area contributed by atoms with Crippen LogP contribution >= 0.6 is 0 Å². The first-order valence-corrected chi connectivity index (χ1v) is 10.3. The first-order valence-electron chi connectivity index (χ1n) is 10.3. The van der Waals surface area contributed by atoms with E-state index < -0.39 is 0 Å². The molecule has 1 fully saturated rings. The van der Waals surface area contributed by atoms with E-state index in [1.807, 2.05) is 65.7 Å². The van der Waals surface area contributed by atoms with Crippen LogP contribution in [0.5, 0.6) is 5.75 Å². The number of fused-ring (bicyclic) bond motifs is 1. The van der Waals surface area contributed by atoms with Gasteiger partial charge in [-0.05, 0) is 37.5 Å². The molecular formula is C24H26N2O3. The Bertz CT molecular complexity index is 972. The number of likely N-dealkylation sites (tertiary alicyclic amines) is 1. The average molecular weight is 390 g/mol. The molecule has 1 N–H and O–H groups in total. The highest BCUT2D eigenvalue weighted by atomic mass is 16.5. The second-order valence-corrected chi connectivity index (χ2v) is 7.53. The fraction of sp³-hybridized carbons (Fsp3) is 0.333. The molecule has 0 atom stereocenters. The fourth-order valence-corrected chi connectivity index (χ4v) is 3.97. The second-order valence-electron chi connectivity index (χ2n) is 7.53. The van der Waals surface area contributed by atoms with Crippen LogP contribution in [0.1, 0.15) is 36.0 Å². The SMILES string of the molecule is O=C(c1c[nH]c2ccccc12)C1CCN(C(=O)CCCOc2ccccc2)CC1. The first kappa shape index (κ1) is 19.2. The number of aromatic amines is 1. The number of H-pyrrole nitrogens is 1. The average Bonchev–Trinajstić information content (AvgIpc) is 3.21. The lowest BCUT2D eigenvalue weighted by atomic mass is 9.88. The minimum absolute atomic E-state index is 0.0142. The van der Waals surface area contributed by atoms with Crippen LogP contribution in [0.2, 0.25) is 0 Å². The normalized spacial score (nSPS) is 14.8. The molecule has 1 aliphatic heterocycles. The summed E-state index contributed by atoms with van der Waals surface area (Å²) in [5.74, 6) is 1.15. The van der Waals surface area contributed by atoms with Crippen LogP contribution in [-0.4, -0.2) is 41.3 Å². The fourth-order valence-electron chi connectivity index (χ4n) is 3.97. The molecule has 1 aliphatic rings. The predicted molar refractivity (Wildman–Crippen MR) is 113 cm³/mol. The van der Waals surface area contributed by atoms with Crippen LogP contribution in [0.4, 0.5) is 0 Å². The van der Waals surface area contributed by atoms with Gasteiger partial charge in [-0.15, -0.1) is 0 Å². The minimum Gasteiger partial charge on any atom is -0.494 e. The molecule has 2 heterocycles. The number of para-hydroxylation sites is 2. The molecule has 29 heavy (non-hydrogen) atoms. The molecule has 0 saturated carbocycles. The molecule has 0 aliphatic carbocycles. The van der Waals surface area contributed by atoms with Crippen LogP contribution in [0.15, 0.2) is 60.8 Å². The third kappa shape index (κ3) is 4.50. The largest absolute Gasteiger partial charge is 0.494 e. The van der Waals surface area contributed by atoms with Gasteiger partial charge in [-0.1, -0.05) is 36.4 Å². The summed E-state index contributed by atoms with van der Waals surface area (Å²) in [5.41, 5.74) is 1.75. The van der Waals surface area contributed by atoms with E-state index in [0.717, 1.165) is 35.1 Å². The molecule has 5 heteroatoms. The van der Waals surface area contributed by atoms with Gasteiger partial charge in [0.05, 0.1) is 6.61 Å². The van der Waals surface area contributed by atoms with Crippen LogP contribution in [0, 0.1) is 5.92 Å². The molecule has 1 amide bonds. The number of nitrogens with zero attached hydrogens (tertiary/aromatic N) is 1. The summed E-state index contributed by atoms with van der Waals surface area (Å²) in [6.45, 7) is 1.83. The zero-order valence-corrected chi connectivity index (χ0v) is 16.5. The van der Waals surface area contributed by atoms with E-state index in [1.165, 1.54) is 0 Å². The van der Waals surface area contributed by atoms with Crippen molar-refractivity contribution >= 4 is 22.6 Å². The maximum Gasteiger partial charge on any atom is 0.222 e. The number of ether oxygens (including phenoxy) is 1. The van der Waals surface area contributed by atoms with Crippen molar-refractivity contribution in [1.29, 1.82) is 0 Å². The molecule has 5 nitrogen and oxygen atoms in total. The van der Waals surface area contributed by atoms with E-state index in [4.69, 9.17) is 4.74 Å². The Morgan fingerprint density at radius 3 is 2.52 bits per heavy atom. The van der Waals surface area contributed by atoms with Gasteiger partial charge in [-0.2, -0.15) is 0 Å². The van der Waals surface area contributed by atoms with Crippen molar-refractivity contribution in [3.8, 4) is 5.75 Å². The zero-order chi connectivity index (χ0) is 20.1. The number of carbonyl (C=O) groups is 2. The summed E-state index contributed by atoms with van der Waals surface area (Å²) in [7, 11) is 0. The Kier molecular flexibility index (Phi) is 5.94. The number of rotatable bonds is 7. The summed E-state index contributed by atoms with van der Waals surface area (Å²) in [5, 5.41) is 0.981. The summed E-state index contributed by atoms with van der Waals surface area (Å²) in [4.78, 5) is 30.5. The van der Waals surface area contributed by atoms with E-state index in [-0.39, 0.29) is 17.6 Å². The lowest BCUT2D eigenvalue weighted by Gasteiger charge is -2.31. The molecule has 0 bridgehead atoms. The van der Waals surface area contributed by atoms with Crippen molar-refractivity contribution in [3.63, 3.8) is 0 Å². The van der Waals surface area contributed by atoms with Gasteiger partial charge in [-0.25, -0.2) is 0 Å². The number of nitrogens with one attached hydrogen (secondary N) is 1. The molecular weight excluding hydrogens is 364 g/mol. The molecule has 2 aromatic carbocycles. The second kappa shape index (κ2) is 8.95. The maximum atomic E-state index is 13.0. The van der Waals surface area contributed by atoms with Crippen molar-refractivity contribution in [2.24, 2.45) is 5.92 Å². The third-order valence-corrected chi connectivity index (χ3v) is 5.62. The number of carbonyl (C=O) groups excluding carboxylic acids is 2. The number of aromatic nitrogens is 1. The third-order valence-electron chi connectivity index (χ3n) is 5.62. The first-order chi connectivity index (χ1) is 14.2. The van der Waals surface area contributed by atoms with Gasteiger partial charge >= 0.3 is 0 Å². The highest BCUT2D eigenvalue weighted by Gasteiger charge is 2.28. The molecule has 3 aromatic rings. The van der Waals surface area contributed by atoms with Crippen molar-refractivity contribution in [2.75, 3.05) is 19.7 Å². The molecule has 0 radical (unpaired) electrons. The Hall–Kier alpha value is -3.08. The smallest absolute Gasteiger partial charge is 0.222 e. The number of hydrogen-bond donors (Lipinski definition) is 1. The summed E-state index contributed by atoms with van der Waals surface area (Å²) in [6.07, 6.45) is 4.45. The molecule has 0 unspecified atom stereocenters. The lowest BCUT2D eigenvalue weighted by molar-refractivity contribution is -0.132. The van der Waals surface area contributed by atoms with Gasteiger partial charge in [0.25, 0.3) is 0 Å². The van der Waals surface area contributed by atoms with Gasteiger partial charge in [0.15, 0.2) is 5.78 Å². The zero-order valence-electron chi connectivity index (χ0n) is 16.5. The standard InChI is InChI=1S/C24H26N2O3/c27-23(11-6-16-29-19-7-2-1-3-8-19)26-14-12-18(13-15-26)24(28)21-17-25-22-10-5-4-9-20(21)22/h1-5,7-10,17-18,25H,6,11-16H2. The molecule has 4 rings (SSSR count). The van der Waals surface area contributed by atoms with Crippen LogP contribution in [0.25, 0.3) is 10.9 Å². The van der Waals surface area contributed by atoms with E-state index >= 15 is 0 Å². The van der Waals surface area contributed by atoms with Gasteiger partial charge in [0, 0.05) is 48.1 Å². The monoisotopic (exact) mass is 390 g/mol. The van der Waals surface area contributed by atoms with Gasteiger partial charge < -0.3 is 14.6 Å². The van der Waals surface area contributed by atoms with Crippen molar-refractivity contribution in [2.45, 2.75) is 25.7 Å². The Morgan fingerprint density at radius 2 is 1.72 bits per heavy atom. The number of Topliss-reactive ketones (excluding diaryl/α,β-unsaturated/α-hetero) is 1. The summed E-state index contributed by atoms with van der Waals surface area (Å²) in [6, 6.07) is 17.5. The Balaban J connectivity index is 1.23. The topological polar surface area (TPSA) is 62.4 Å². The Labute approximate surface area is 170 Å². The van der Waals surface area contributed by atoms with E-state index in [9.17, 15) is 9.59 Å². The molecule has 150 valence electrons. The molecule has 1 aromatic heterocycles. The Morgan fingerprint density at radius 1 is 1.00 bits per heavy atom. The van der Waals surface area contributed by atoms with E-state index in [0.29, 0.717) is 32.5 Å². The van der Waals surface area contributed by atoms with Crippen LogP contribution in [0.3, 0.4) is 0 Å². The van der Waals surface area contributed by atoms with Crippen molar-refractivity contribution in [3.05, 3.63) is 66.4 Å². The van der Waals surface area contributed by atoms with Crippen molar-refractivity contribution < 1.29 is 14.3 Å².